The van der Waals surface area contributed by atoms with Crippen molar-refractivity contribution in [3.63, 3.8) is 0 Å². The van der Waals surface area contributed by atoms with Crippen molar-refractivity contribution in [2.24, 2.45) is 0 Å². The SMILES string of the molecule is O=C(/C=C/c1nc2ccccc2s1)Nc1cccc(OCCn2cncn2)c1. The molecule has 4 rings (SSSR count). The number of hydrogen-bond acceptors (Lipinski definition) is 6. The number of nitrogens with one attached hydrogen (secondary N) is 1. The predicted octanol–water partition coefficient (Wildman–Crippen LogP) is 3.62. The summed E-state index contributed by atoms with van der Waals surface area (Å²) in [6.07, 6.45) is 6.32. The fraction of sp³-hybridized carbons (Fsp3) is 0.100. The quantitative estimate of drug-likeness (QED) is 0.487. The van der Waals surface area contributed by atoms with Gasteiger partial charge in [0.25, 0.3) is 0 Å². The van der Waals surface area contributed by atoms with E-state index in [1.807, 2.05) is 42.5 Å². The van der Waals surface area contributed by atoms with Crippen LogP contribution in [-0.2, 0) is 11.3 Å². The molecule has 0 aliphatic rings. The van der Waals surface area contributed by atoms with Crippen molar-refractivity contribution in [3.8, 4) is 5.75 Å². The van der Waals surface area contributed by atoms with Gasteiger partial charge in [-0.1, -0.05) is 18.2 Å². The second-order valence-electron chi connectivity index (χ2n) is 5.88. The van der Waals surface area contributed by atoms with Crippen molar-refractivity contribution in [3.05, 3.63) is 72.3 Å². The Hall–Kier alpha value is -3.52. The van der Waals surface area contributed by atoms with E-state index in [4.69, 9.17) is 4.74 Å². The van der Waals surface area contributed by atoms with E-state index in [-0.39, 0.29) is 5.91 Å². The van der Waals surface area contributed by atoms with Crippen LogP contribution in [-0.4, -0.2) is 32.3 Å². The predicted molar refractivity (Wildman–Crippen MR) is 109 cm³/mol. The zero-order valence-electron chi connectivity index (χ0n) is 14.9. The van der Waals surface area contributed by atoms with E-state index >= 15 is 0 Å². The maximum atomic E-state index is 12.2. The highest BCUT2D eigenvalue weighted by Gasteiger charge is 2.03. The van der Waals surface area contributed by atoms with E-state index in [9.17, 15) is 4.79 Å². The normalized spacial score (nSPS) is 11.1. The molecule has 1 N–H and O–H groups in total. The molecule has 0 saturated carbocycles. The van der Waals surface area contributed by atoms with Gasteiger partial charge in [-0.2, -0.15) is 5.10 Å². The van der Waals surface area contributed by atoms with Crippen LogP contribution in [0.25, 0.3) is 16.3 Å². The summed E-state index contributed by atoms with van der Waals surface area (Å²) in [6.45, 7) is 1.06. The number of hydrogen-bond donors (Lipinski definition) is 1. The molecule has 4 aromatic rings. The van der Waals surface area contributed by atoms with Gasteiger partial charge in [0.2, 0.25) is 5.91 Å². The Bertz CT molecular complexity index is 1070. The first-order chi connectivity index (χ1) is 13.8. The minimum Gasteiger partial charge on any atom is -0.492 e. The average Bonchev–Trinajstić information content (AvgIpc) is 3.36. The maximum Gasteiger partial charge on any atom is 0.248 e. The Morgan fingerprint density at radius 2 is 2.14 bits per heavy atom. The molecule has 0 fully saturated rings. The first kappa shape index (κ1) is 17.9. The lowest BCUT2D eigenvalue weighted by molar-refractivity contribution is -0.111. The zero-order valence-corrected chi connectivity index (χ0v) is 15.7. The lowest BCUT2D eigenvalue weighted by Crippen LogP contribution is -2.10. The topological polar surface area (TPSA) is 81.9 Å². The van der Waals surface area contributed by atoms with Gasteiger partial charge < -0.3 is 10.1 Å². The van der Waals surface area contributed by atoms with E-state index in [1.54, 1.807) is 34.5 Å². The summed E-state index contributed by atoms with van der Waals surface area (Å²) < 4.78 is 8.49. The van der Waals surface area contributed by atoms with Crippen molar-refractivity contribution in [2.45, 2.75) is 6.54 Å². The molecule has 0 atom stereocenters. The van der Waals surface area contributed by atoms with Crippen LogP contribution < -0.4 is 10.1 Å². The van der Waals surface area contributed by atoms with Crippen LogP contribution in [0.1, 0.15) is 5.01 Å². The third-order valence-electron chi connectivity index (χ3n) is 3.84. The number of amides is 1. The molecule has 7 nitrogen and oxygen atoms in total. The first-order valence-electron chi connectivity index (χ1n) is 8.66. The molecule has 0 unspecified atom stereocenters. The molecular formula is C20H17N5O2S. The molecule has 0 spiro atoms. The molecule has 28 heavy (non-hydrogen) atoms. The summed E-state index contributed by atoms with van der Waals surface area (Å²) in [5.74, 6) is 0.451. The summed E-state index contributed by atoms with van der Waals surface area (Å²) in [4.78, 5) is 20.6. The molecule has 0 radical (unpaired) electrons. The molecule has 0 aliphatic carbocycles. The standard InChI is InChI=1S/C20H17N5O2S/c26-19(8-9-20-24-17-6-1-2-7-18(17)28-20)23-15-4-3-5-16(12-15)27-11-10-25-14-21-13-22-25/h1-9,12-14H,10-11H2,(H,23,26)/b9-8+. The van der Waals surface area contributed by atoms with Crippen molar-refractivity contribution in [2.75, 3.05) is 11.9 Å². The van der Waals surface area contributed by atoms with Crippen LogP contribution >= 0.6 is 11.3 Å². The number of nitrogens with zero attached hydrogens (tertiary/aromatic N) is 4. The van der Waals surface area contributed by atoms with Crippen LogP contribution in [0.5, 0.6) is 5.75 Å². The minimum absolute atomic E-state index is 0.223. The van der Waals surface area contributed by atoms with Gasteiger partial charge in [0, 0.05) is 17.8 Å². The van der Waals surface area contributed by atoms with Crippen LogP contribution in [0.2, 0.25) is 0 Å². The number of rotatable bonds is 7. The lowest BCUT2D eigenvalue weighted by atomic mass is 10.3. The number of anilines is 1. The maximum absolute atomic E-state index is 12.2. The van der Waals surface area contributed by atoms with Crippen molar-refractivity contribution >= 4 is 39.2 Å². The fourth-order valence-electron chi connectivity index (χ4n) is 2.56. The molecule has 140 valence electrons. The largest absolute Gasteiger partial charge is 0.492 e. The summed E-state index contributed by atoms with van der Waals surface area (Å²) in [6, 6.07) is 15.2. The van der Waals surface area contributed by atoms with Gasteiger partial charge in [-0.25, -0.2) is 14.6 Å². The second-order valence-corrected chi connectivity index (χ2v) is 6.94. The first-order valence-corrected chi connectivity index (χ1v) is 9.48. The van der Waals surface area contributed by atoms with Gasteiger partial charge >= 0.3 is 0 Å². The molecule has 0 saturated heterocycles. The average molecular weight is 391 g/mol. The van der Waals surface area contributed by atoms with Crippen LogP contribution in [0.3, 0.4) is 0 Å². The third kappa shape index (κ3) is 4.60. The minimum atomic E-state index is -0.223. The number of carbonyl (C=O) groups is 1. The molecule has 2 aromatic heterocycles. The van der Waals surface area contributed by atoms with Crippen molar-refractivity contribution < 1.29 is 9.53 Å². The molecule has 8 heteroatoms. The molecule has 2 aromatic carbocycles. The highest BCUT2D eigenvalue weighted by molar-refractivity contribution is 7.19. The van der Waals surface area contributed by atoms with Crippen LogP contribution in [0.15, 0.2) is 67.3 Å². The smallest absolute Gasteiger partial charge is 0.248 e. The lowest BCUT2D eigenvalue weighted by Gasteiger charge is -2.08. The van der Waals surface area contributed by atoms with E-state index in [1.165, 1.54) is 12.4 Å². The molecule has 2 heterocycles. The van der Waals surface area contributed by atoms with E-state index in [0.717, 1.165) is 15.2 Å². The number of carbonyl (C=O) groups excluding carboxylic acids is 1. The molecule has 0 aliphatic heterocycles. The Morgan fingerprint density at radius 1 is 1.21 bits per heavy atom. The summed E-state index contributed by atoms with van der Waals surface area (Å²) in [5.41, 5.74) is 1.60. The fourth-order valence-corrected chi connectivity index (χ4v) is 3.43. The van der Waals surface area contributed by atoms with Gasteiger partial charge in [0.15, 0.2) is 0 Å². The monoisotopic (exact) mass is 391 g/mol. The van der Waals surface area contributed by atoms with E-state index in [0.29, 0.717) is 24.6 Å². The Morgan fingerprint density at radius 3 is 3.00 bits per heavy atom. The number of thiazole rings is 1. The van der Waals surface area contributed by atoms with Crippen LogP contribution in [0, 0.1) is 0 Å². The van der Waals surface area contributed by atoms with Crippen molar-refractivity contribution in [1.82, 2.24) is 19.7 Å². The van der Waals surface area contributed by atoms with E-state index < -0.39 is 0 Å². The summed E-state index contributed by atoms with van der Waals surface area (Å²) in [7, 11) is 0. The zero-order chi connectivity index (χ0) is 19.2. The number of benzene rings is 2. The van der Waals surface area contributed by atoms with Gasteiger partial charge in [0.1, 0.15) is 30.0 Å². The van der Waals surface area contributed by atoms with Gasteiger partial charge in [-0.05, 0) is 30.3 Å². The number of fused-ring (bicyclic) bond motifs is 1. The number of para-hydroxylation sites is 1. The van der Waals surface area contributed by atoms with Crippen molar-refractivity contribution in [1.29, 1.82) is 0 Å². The summed E-state index contributed by atoms with van der Waals surface area (Å²) in [5, 5.41) is 7.65. The summed E-state index contributed by atoms with van der Waals surface area (Å²) >= 11 is 1.55. The van der Waals surface area contributed by atoms with E-state index in [2.05, 4.69) is 20.4 Å². The third-order valence-corrected chi connectivity index (χ3v) is 4.85. The number of aromatic nitrogens is 4. The second kappa shape index (κ2) is 8.45. The number of ether oxygens (including phenoxy) is 1. The van der Waals surface area contributed by atoms with Gasteiger partial charge in [0.05, 0.1) is 16.8 Å². The molecule has 0 bridgehead atoms. The van der Waals surface area contributed by atoms with Crippen LogP contribution in [0.4, 0.5) is 5.69 Å². The van der Waals surface area contributed by atoms with Gasteiger partial charge in [-0.3, -0.25) is 4.79 Å². The molecule has 1 amide bonds. The highest BCUT2D eigenvalue weighted by atomic mass is 32.1. The highest BCUT2D eigenvalue weighted by Crippen LogP contribution is 2.22. The van der Waals surface area contributed by atoms with Gasteiger partial charge in [-0.15, -0.1) is 11.3 Å². The Labute approximate surface area is 165 Å². The Kier molecular flexibility index (Phi) is 5.39. The molecular weight excluding hydrogens is 374 g/mol. The Balaban J connectivity index is 1.33.